The summed E-state index contributed by atoms with van der Waals surface area (Å²) in [6, 6.07) is 8.79. The van der Waals surface area contributed by atoms with Gasteiger partial charge in [-0.05, 0) is 29.5 Å². The van der Waals surface area contributed by atoms with Crippen LogP contribution in [-0.2, 0) is 22.6 Å². The number of aryl methyl sites for hydroxylation is 1. The fraction of sp³-hybridized carbons (Fsp3) is 0.600. The van der Waals surface area contributed by atoms with E-state index in [2.05, 4.69) is 10.4 Å². The molecule has 0 aliphatic carbocycles. The number of carbonyl (C=O) groups is 1. The Morgan fingerprint density at radius 3 is 2.55 bits per heavy atom. The number of hydrogen-bond acceptors (Lipinski definition) is 6. The van der Waals surface area contributed by atoms with Crippen LogP contribution in [0.4, 0.5) is 5.69 Å². The van der Waals surface area contributed by atoms with Crippen molar-refractivity contribution in [1.29, 1.82) is 0 Å². The van der Waals surface area contributed by atoms with Gasteiger partial charge in [-0.1, -0.05) is 25.1 Å². The molecule has 0 saturated carbocycles. The zero-order valence-corrected chi connectivity index (χ0v) is 16.7. The van der Waals surface area contributed by atoms with Crippen molar-refractivity contribution in [2.75, 3.05) is 31.6 Å². The van der Waals surface area contributed by atoms with Gasteiger partial charge in [-0.25, -0.2) is 4.79 Å². The first-order valence-electron chi connectivity index (χ1n) is 12.1. The molecule has 1 aliphatic rings. The van der Waals surface area contributed by atoms with Crippen LogP contribution in [0.15, 0.2) is 35.1 Å². The van der Waals surface area contributed by atoms with E-state index in [1.54, 1.807) is 37.3 Å². The van der Waals surface area contributed by atoms with Gasteiger partial charge in [-0.15, -0.1) is 0 Å². The molecular formula is C20H30N6O3. The van der Waals surface area contributed by atoms with E-state index in [1.807, 2.05) is 4.90 Å². The third-order valence-corrected chi connectivity index (χ3v) is 5.22. The van der Waals surface area contributed by atoms with E-state index in [0.717, 1.165) is 9.36 Å². The standard InChI is InChI=1S/C20H30N6O3/c1-4-18(27)26(17-9-7-6-8-10-17)20(29-3)11-13-23(14-12-20)15-16-25-19(28)24(5-2)21-22-25/h6-10H,4-5,11-16H2,1-3H3/i1D3,16D2. The molecule has 1 aliphatic heterocycles. The van der Waals surface area contributed by atoms with Crippen molar-refractivity contribution in [3.8, 4) is 0 Å². The van der Waals surface area contributed by atoms with E-state index in [4.69, 9.17) is 11.6 Å². The predicted octanol–water partition coefficient (Wildman–Crippen LogP) is 1.34. The van der Waals surface area contributed by atoms with Gasteiger partial charge < -0.3 is 9.64 Å². The Bertz CT molecular complexity index is 1030. The molecule has 1 aromatic carbocycles. The van der Waals surface area contributed by atoms with Gasteiger partial charge in [-0.2, -0.15) is 9.36 Å². The topological polar surface area (TPSA) is 85.5 Å². The second kappa shape index (κ2) is 9.32. The summed E-state index contributed by atoms with van der Waals surface area (Å²) in [6.45, 7) is -1.91. The number of benzene rings is 1. The quantitative estimate of drug-likeness (QED) is 0.614. The Kier molecular flexibility index (Phi) is 4.93. The molecule has 2 heterocycles. The van der Waals surface area contributed by atoms with Gasteiger partial charge in [0.25, 0.3) is 0 Å². The molecule has 29 heavy (non-hydrogen) atoms. The maximum absolute atomic E-state index is 13.1. The second-order valence-electron chi connectivity index (χ2n) is 6.82. The Labute approximate surface area is 177 Å². The highest BCUT2D eigenvalue weighted by atomic mass is 16.5. The van der Waals surface area contributed by atoms with Crippen molar-refractivity contribution in [3.63, 3.8) is 0 Å². The molecule has 1 aromatic heterocycles. The SMILES string of the molecule is [2H]C([2H])([2H])CC(=O)N(c1ccccc1)C1(OC)CCN(CC([2H])([2H])n2nnn(CC)c2=O)CC1. The molecule has 0 atom stereocenters. The molecule has 9 heteroatoms. The van der Waals surface area contributed by atoms with Crippen LogP contribution in [0.5, 0.6) is 0 Å². The van der Waals surface area contributed by atoms with Crippen molar-refractivity contribution in [3.05, 3.63) is 40.8 Å². The normalized spacial score (nSPS) is 20.1. The highest BCUT2D eigenvalue weighted by Crippen LogP contribution is 2.34. The summed E-state index contributed by atoms with van der Waals surface area (Å²) in [4.78, 5) is 28.7. The Balaban J connectivity index is 1.80. The van der Waals surface area contributed by atoms with Crippen LogP contribution in [0.1, 0.15) is 39.9 Å². The first-order chi connectivity index (χ1) is 15.9. The van der Waals surface area contributed by atoms with E-state index < -0.39 is 37.1 Å². The van der Waals surface area contributed by atoms with Crippen LogP contribution in [0.3, 0.4) is 0 Å². The number of methoxy groups -OCH3 is 1. The molecular weight excluding hydrogens is 372 g/mol. The zero-order chi connectivity index (χ0) is 25.1. The van der Waals surface area contributed by atoms with Gasteiger partial charge in [0.1, 0.15) is 5.72 Å². The number of rotatable bonds is 8. The lowest BCUT2D eigenvalue weighted by molar-refractivity contribution is -0.128. The highest BCUT2D eigenvalue weighted by molar-refractivity contribution is 5.94. The molecule has 0 spiro atoms. The molecule has 2 aromatic rings. The molecule has 158 valence electrons. The monoisotopic (exact) mass is 407 g/mol. The minimum Gasteiger partial charge on any atom is -0.358 e. The van der Waals surface area contributed by atoms with Crippen molar-refractivity contribution >= 4 is 11.6 Å². The van der Waals surface area contributed by atoms with Crippen LogP contribution >= 0.6 is 0 Å². The molecule has 1 fully saturated rings. The molecule has 0 unspecified atom stereocenters. The minimum absolute atomic E-state index is 0.107. The summed E-state index contributed by atoms with van der Waals surface area (Å²) in [7, 11) is 1.48. The van der Waals surface area contributed by atoms with Gasteiger partial charge in [0.05, 0.1) is 9.24 Å². The van der Waals surface area contributed by atoms with Gasteiger partial charge in [0.2, 0.25) is 5.91 Å². The third-order valence-electron chi connectivity index (χ3n) is 5.22. The van der Waals surface area contributed by atoms with Gasteiger partial charge >= 0.3 is 5.69 Å². The Hall–Kier alpha value is -2.52. The first kappa shape index (κ1) is 15.3. The van der Waals surface area contributed by atoms with Crippen LogP contribution in [-0.4, -0.2) is 63.1 Å². The number of ether oxygens (including phenoxy) is 1. The largest absolute Gasteiger partial charge is 0.363 e. The van der Waals surface area contributed by atoms with Crippen LogP contribution in [0.2, 0.25) is 0 Å². The fourth-order valence-electron chi connectivity index (χ4n) is 3.58. The van der Waals surface area contributed by atoms with Gasteiger partial charge in [-0.3, -0.25) is 9.69 Å². The lowest BCUT2D eigenvalue weighted by Crippen LogP contribution is -2.59. The number of tetrazole rings is 1. The first-order valence-corrected chi connectivity index (χ1v) is 9.61. The van der Waals surface area contributed by atoms with Crippen LogP contribution in [0, 0.1) is 0 Å². The van der Waals surface area contributed by atoms with Crippen molar-refractivity contribution < 1.29 is 16.4 Å². The summed E-state index contributed by atoms with van der Waals surface area (Å²) in [5, 5.41) is 7.36. The van der Waals surface area contributed by atoms with E-state index >= 15 is 0 Å². The molecule has 3 rings (SSSR count). The van der Waals surface area contributed by atoms with Crippen LogP contribution < -0.4 is 10.6 Å². The van der Waals surface area contributed by atoms with E-state index in [1.165, 1.54) is 12.0 Å². The van der Waals surface area contributed by atoms with E-state index in [9.17, 15) is 9.59 Å². The molecule has 1 amide bonds. The van der Waals surface area contributed by atoms with Crippen LogP contribution in [0.25, 0.3) is 0 Å². The number of piperidine rings is 1. The summed E-state index contributed by atoms with van der Waals surface area (Å²) < 4.78 is 47.1. The maximum Gasteiger partial charge on any atom is 0.363 e. The summed E-state index contributed by atoms with van der Waals surface area (Å²) in [5.74, 6) is -0.570. The summed E-state index contributed by atoms with van der Waals surface area (Å²) in [5.41, 5.74) is -1.18. The van der Waals surface area contributed by atoms with Gasteiger partial charge in [0.15, 0.2) is 0 Å². The summed E-state index contributed by atoms with van der Waals surface area (Å²) >= 11 is 0. The second-order valence-corrected chi connectivity index (χ2v) is 6.82. The Morgan fingerprint density at radius 1 is 1.28 bits per heavy atom. The number of amides is 1. The smallest absolute Gasteiger partial charge is 0.358 e. The average molecular weight is 408 g/mol. The number of anilines is 1. The lowest BCUT2D eigenvalue weighted by atomic mass is 9.96. The number of aromatic nitrogens is 4. The van der Waals surface area contributed by atoms with Crippen molar-refractivity contribution in [2.24, 2.45) is 0 Å². The number of nitrogens with zero attached hydrogens (tertiary/aromatic N) is 6. The number of para-hydroxylation sites is 1. The molecule has 0 radical (unpaired) electrons. The van der Waals surface area contributed by atoms with E-state index in [0.29, 0.717) is 31.6 Å². The van der Waals surface area contributed by atoms with Crippen molar-refractivity contribution in [2.45, 2.75) is 51.8 Å². The lowest BCUT2D eigenvalue weighted by Gasteiger charge is -2.47. The molecule has 1 saturated heterocycles. The summed E-state index contributed by atoms with van der Waals surface area (Å²) in [6.07, 6.45) is 0.00476. The Morgan fingerprint density at radius 2 is 1.97 bits per heavy atom. The molecule has 0 N–H and O–H groups in total. The highest BCUT2D eigenvalue weighted by Gasteiger charge is 2.43. The maximum atomic E-state index is 13.1. The number of carbonyl (C=O) groups excluding carboxylic acids is 1. The number of likely N-dealkylation sites (tertiary alicyclic amines) is 1. The zero-order valence-electron chi connectivity index (χ0n) is 21.7. The van der Waals surface area contributed by atoms with Gasteiger partial charge in [0, 0.05) is 62.4 Å². The number of hydrogen-bond donors (Lipinski definition) is 0. The fourth-order valence-corrected chi connectivity index (χ4v) is 3.58. The van der Waals surface area contributed by atoms with Crippen molar-refractivity contribution in [1.82, 2.24) is 24.7 Å². The molecule has 0 bridgehead atoms. The van der Waals surface area contributed by atoms with E-state index in [-0.39, 0.29) is 13.1 Å². The third kappa shape index (κ3) is 4.40. The minimum atomic E-state index is -2.43. The molecule has 9 nitrogen and oxygen atoms in total. The predicted molar refractivity (Wildman–Crippen MR) is 110 cm³/mol. The average Bonchev–Trinajstić information content (AvgIpc) is 3.16.